The Hall–Kier alpha value is -4.71. The number of rotatable bonds is 19. The van der Waals surface area contributed by atoms with Crippen LogP contribution in [0.2, 0.25) is 10.3 Å². The number of carboxylic acid groups (broad SMARTS) is 1. The number of aliphatic carboxylic acids is 1. The molecule has 0 spiro atoms. The van der Waals surface area contributed by atoms with E-state index in [4.69, 9.17) is 59.0 Å². The van der Waals surface area contributed by atoms with Gasteiger partial charge in [-0.15, -0.1) is 11.6 Å². The van der Waals surface area contributed by atoms with Gasteiger partial charge in [0, 0.05) is 31.8 Å². The number of hydrogen-bond donors (Lipinski definition) is 5. The molecule has 27 heteroatoms. The Morgan fingerprint density at radius 1 is 0.986 bits per heavy atom. The quantitative estimate of drug-likeness (QED) is 0.0193. The molecular formula is C44H63Cl3F3N8O11PS. The Bertz CT molecular complexity index is 2320. The number of amides is 1. The lowest BCUT2D eigenvalue weighted by Crippen LogP contribution is -2.43. The zero-order chi connectivity index (χ0) is 54.6. The summed E-state index contributed by atoms with van der Waals surface area (Å²) in [6, 6.07) is 12.7. The highest BCUT2D eigenvalue weighted by Gasteiger charge is 2.31. The first-order valence-corrected chi connectivity index (χ1v) is 26.8. The number of halogens is 6. The number of nitrogens with zero attached hydrogens (tertiary/aromatic N) is 5. The van der Waals surface area contributed by atoms with Gasteiger partial charge in [0.25, 0.3) is 0 Å². The van der Waals surface area contributed by atoms with Gasteiger partial charge in [-0.3, -0.25) is 25.0 Å². The Morgan fingerprint density at radius 2 is 1.61 bits per heavy atom. The number of hydrogen-bond acceptors (Lipinski definition) is 15. The number of aromatic nitrogens is 3. The minimum atomic E-state index is -4.52. The fourth-order valence-corrected chi connectivity index (χ4v) is 6.30. The van der Waals surface area contributed by atoms with Gasteiger partial charge in [0.1, 0.15) is 25.0 Å². The second-order valence-electron chi connectivity index (χ2n) is 15.1. The predicted molar refractivity (Wildman–Crippen MR) is 274 cm³/mol. The van der Waals surface area contributed by atoms with E-state index in [0.717, 1.165) is 48.0 Å². The molecule has 4 rings (SSSR count). The lowest BCUT2D eigenvalue weighted by molar-refractivity contribution is -0.385. The van der Waals surface area contributed by atoms with E-state index in [1.165, 1.54) is 18.2 Å². The van der Waals surface area contributed by atoms with Gasteiger partial charge >= 0.3 is 17.8 Å². The molecule has 19 nitrogen and oxygen atoms in total. The van der Waals surface area contributed by atoms with E-state index in [0.29, 0.717) is 29.4 Å². The minimum absolute atomic E-state index is 0.0111. The topological polar surface area (TPSA) is 264 Å². The van der Waals surface area contributed by atoms with Gasteiger partial charge in [0.2, 0.25) is 28.8 Å². The molecule has 1 amide bonds. The lowest BCUT2D eigenvalue weighted by Gasteiger charge is -2.31. The first-order valence-electron chi connectivity index (χ1n) is 21.3. The molecular weight excluding hydrogens is 1040 g/mol. The average molecular weight is 1110 g/mol. The lowest BCUT2D eigenvalue weighted by atomic mass is 10.0. The SMILES string of the molecule is CCNc1nc(Cl)nc(NC(C)C)n1.CCOc1cc(Oc2ccc(C(F)(F)F)cc2Cl)ccc1[N+](=O)[O-].CCc1cccc(C)c1N(C(=O)CCl)C(C)COC.C[S+](C)C.O=C(O)CNCP(=O)([O-])O. The molecule has 0 saturated heterocycles. The fraction of sp³-hybridized carbons (Fsp3) is 0.477. The number of alkyl halides is 4. The van der Waals surface area contributed by atoms with E-state index < -0.39 is 43.1 Å². The molecule has 0 saturated carbocycles. The fourth-order valence-electron chi connectivity index (χ4n) is 5.40. The predicted octanol–water partition coefficient (Wildman–Crippen LogP) is 9.06. The van der Waals surface area contributed by atoms with E-state index in [2.05, 4.69) is 57.3 Å². The smallest absolute Gasteiger partial charge is 0.416 e. The third-order valence-electron chi connectivity index (χ3n) is 8.04. The molecule has 0 bridgehead atoms. The molecule has 398 valence electrons. The maximum absolute atomic E-state index is 12.6. The molecule has 0 radical (unpaired) electrons. The molecule has 1 heterocycles. The summed E-state index contributed by atoms with van der Waals surface area (Å²) < 4.78 is 63.5. The van der Waals surface area contributed by atoms with Crippen molar-refractivity contribution >= 4 is 88.4 Å². The van der Waals surface area contributed by atoms with E-state index in [1.54, 1.807) is 18.9 Å². The Balaban J connectivity index is 0.000000935. The summed E-state index contributed by atoms with van der Waals surface area (Å²) in [5.41, 5.74) is 2.06. The van der Waals surface area contributed by atoms with Crippen LogP contribution in [0.1, 0.15) is 58.2 Å². The normalized spacial score (nSPS) is 11.9. The highest BCUT2D eigenvalue weighted by atomic mass is 35.5. The number of carbonyl (C=O) groups is 2. The van der Waals surface area contributed by atoms with Crippen LogP contribution in [0.4, 0.5) is 36.4 Å². The number of nitro benzene ring substituents is 1. The van der Waals surface area contributed by atoms with Gasteiger partial charge in [-0.1, -0.05) is 36.7 Å². The molecule has 2 unspecified atom stereocenters. The first-order chi connectivity index (χ1) is 33.0. The van der Waals surface area contributed by atoms with Crippen LogP contribution in [-0.2, 0) is 42.4 Å². The maximum Gasteiger partial charge on any atom is 0.416 e. The molecule has 2 atom stereocenters. The highest BCUT2D eigenvalue weighted by Crippen LogP contribution is 2.38. The molecule has 5 N–H and O–H groups in total. The van der Waals surface area contributed by atoms with Crippen molar-refractivity contribution in [3.05, 3.63) is 91.7 Å². The molecule has 1 aromatic heterocycles. The van der Waals surface area contributed by atoms with E-state index >= 15 is 0 Å². The molecule has 3 aromatic carbocycles. The summed E-state index contributed by atoms with van der Waals surface area (Å²) in [6.07, 6.45) is 2.24. The van der Waals surface area contributed by atoms with Crippen LogP contribution in [0.3, 0.4) is 0 Å². The van der Waals surface area contributed by atoms with Crippen molar-refractivity contribution < 1.29 is 61.4 Å². The number of nitrogens with one attached hydrogen (secondary N) is 3. The number of carbonyl (C=O) groups excluding carboxylic acids is 1. The van der Waals surface area contributed by atoms with Gasteiger partial charge < -0.3 is 49.2 Å². The molecule has 4 aromatic rings. The van der Waals surface area contributed by atoms with Gasteiger partial charge in [-0.05, 0) is 106 Å². The molecule has 0 aliphatic carbocycles. The van der Waals surface area contributed by atoms with Crippen LogP contribution in [-0.4, -0.2) is 118 Å². The van der Waals surface area contributed by atoms with E-state index in [1.807, 2.05) is 52.1 Å². The monoisotopic (exact) mass is 1100 g/mol. The van der Waals surface area contributed by atoms with Crippen LogP contribution in [0, 0.1) is 17.0 Å². The van der Waals surface area contributed by atoms with Crippen molar-refractivity contribution in [3.63, 3.8) is 0 Å². The third kappa shape index (κ3) is 27.6. The minimum Gasteiger partial charge on any atom is -0.778 e. The average Bonchev–Trinajstić information content (AvgIpc) is 3.24. The van der Waals surface area contributed by atoms with Gasteiger partial charge in [0.15, 0.2) is 0 Å². The largest absolute Gasteiger partial charge is 0.778 e. The van der Waals surface area contributed by atoms with Crippen molar-refractivity contribution in [1.29, 1.82) is 0 Å². The number of methoxy groups -OCH3 is 1. The molecule has 0 aliphatic rings. The molecule has 0 fully saturated rings. The highest BCUT2D eigenvalue weighted by molar-refractivity contribution is 7.94. The van der Waals surface area contributed by atoms with E-state index in [9.17, 15) is 42.3 Å². The second-order valence-corrected chi connectivity index (χ2v) is 20.2. The summed E-state index contributed by atoms with van der Waals surface area (Å²) in [5.74, 6) is -0.170. The maximum atomic E-state index is 12.6. The van der Waals surface area contributed by atoms with Gasteiger partial charge in [-0.2, -0.15) is 28.1 Å². The zero-order valence-corrected chi connectivity index (χ0v) is 45.2. The van der Waals surface area contributed by atoms with Gasteiger partial charge in [-0.25, -0.2) is 0 Å². The first kappa shape index (κ1) is 66.3. The van der Waals surface area contributed by atoms with Crippen molar-refractivity contribution in [2.24, 2.45) is 0 Å². The Kier molecular flexibility index (Phi) is 31.6. The van der Waals surface area contributed by atoms with Crippen LogP contribution in [0.15, 0.2) is 54.6 Å². The number of nitro groups is 1. The second kappa shape index (κ2) is 33.8. The van der Waals surface area contributed by atoms with E-state index in [-0.39, 0.29) is 63.7 Å². The number of benzene rings is 3. The number of anilines is 3. The molecule has 0 aliphatic heterocycles. The Labute approximate surface area is 430 Å². The summed E-state index contributed by atoms with van der Waals surface area (Å²) in [7, 11) is -2.07. The summed E-state index contributed by atoms with van der Waals surface area (Å²) in [4.78, 5) is 64.0. The number of carboxylic acids is 1. The van der Waals surface area contributed by atoms with Crippen molar-refractivity contribution in [3.8, 4) is 17.2 Å². The number of ether oxygens (including phenoxy) is 3. The van der Waals surface area contributed by atoms with Crippen LogP contribution in [0.25, 0.3) is 0 Å². The zero-order valence-electron chi connectivity index (χ0n) is 41.2. The number of para-hydroxylation sites is 1. The summed E-state index contributed by atoms with van der Waals surface area (Å²) in [5, 5.41) is 26.9. The Morgan fingerprint density at radius 3 is 2.08 bits per heavy atom. The molecule has 71 heavy (non-hydrogen) atoms. The van der Waals surface area contributed by atoms with Crippen LogP contribution < -0.4 is 35.2 Å². The van der Waals surface area contributed by atoms with Crippen molar-refractivity contribution in [2.75, 3.05) is 79.9 Å². The number of aryl methyl sites for hydroxylation is 2. The summed E-state index contributed by atoms with van der Waals surface area (Å²) >= 11 is 17.3. The van der Waals surface area contributed by atoms with Gasteiger partial charge in [0.05, 0.1) is 72.1 Å². The van der Waals surface area contributed by atoms with Crippen molar-refractivity contribution in [2.45, 2.75) is 73.1 Å². The third-order valence-corrected chi connectivity index (χ3v) is 9.35. The van der Waals surface area contributed by atoms with Crippen LogP contribution >= 0.6 is 42.4 Å². The van der Waals surface area contributed by atoms with Crippen LogP contribution in [0.5, 0.6) is 17.2 Å². The summed E-state index contributed by atoms with van der Waals surface area (Å²) in [6.45, 7) is 14.7. The van der Waals surface area contributed by atoms with Crippen molar-refractivity contribution in [1.82, 2.24) is 20.3 Å². The standard InChI is InChI=1S/C15H11ClF3NO4.C15H22ClNO2.C8H14ClN5.C3H8NO5P.C3H9S/c1-2-23-14-8-10(4-5-12(14)20(21)22)24-13-6-3-9(7-11(13)16)15(17,18)19;1-5-13-8-6-7-11(2)15(13)17(14(18)9-16)12(3)10-19-4;1-4-10-7-12-6(9)13-8(14-7)11-5(2)3;5-3(6)1-4-2-10(7,8)9;1-4(2)3/h3-8H,2H2,1H3;6-8,12H,5,9-10H2,1-4H3;5H,4H2,1-3H3,(H2,10,11,12,13,14);4H,1-2H2,(H,5,6)(H2,7,8,9);1-3H3/q;;;;+1/p-1.